The molecule has 2 aromatic rings. The molecule has 2 rings (SSSR count). The van der Waals surface area contributed by atoms with Crippen LogP contribution in [-0.2, 0) is 4.79 Å². The van der Waals surface area contributed by atoms with E-state index in [-0.39, 0.29) is 22.0 Å². The Labute approximate surface area is 173 Å². The number of anilines is 1. The first-order chi connectivity index (χ1) is 13.9. The SMILES string of the molecule is CCCOc1ccc(/C=C\C(=O)Nc2cc(OC)c(C(=O)O)cc2Cl)cc1OC. The Morgan fingerprint density at radius 2 is 1.83 bits per heavy atom. The summed E-state index contributed by atoms with van der Waals surface area (Å²) >= 11 is 6.07. The van der Waals surface area contributed by atoms with E-state index in [0.717, 1.165) is 12.0 Å². The van der Waals surface area contributed by atoms with Gasteiger partial charge in [-0.2, -0.15) is 0 Å². The monoisotopic (exact) mass is 419 g/mol. The summed E-state index contributed by atoms with van der Waals surface area (Å²) in [5.41, 5.74) is 0.887. The Morgan fingerprint density at radius 1 is 1.10 bits per heavy atom. The van der Waals surface area contributed by atoms with Crippen molar-refractivity contribution in [2.45, 2.75) is 13.3 Å². The molecule has 0 aliphatic rings. The van der Waals surface area contributed by atoms with E-state index in [1.165, 1.54) is 25.3 Å². The number of benzene rings is 2. The maximum absolute atomic E-state index is 12.2. The molecule has 0 radical (unpaired) electrons. The molecular weight excluding hydrogens is 398 g/mol. The summed E-state index contributed by atoms with van der Waals surface area (Å²) in [6.07, 6.45) is 3.82. The lowest BCUT2D eigenvalue weighted by molar-refractivity contribution is -0.111. The highest BCUT2D eigenvalue weighted by atomic mass is 35.5. The van der Waals surface area contributed by atoms with Crippen LogP contribution in [0.15, 0.2) is 36.4 Å². The number of halogens is 1. The average molecular weight is 420 g/mol. The molecule has 0 aromatic heterocycles. The molecule has 2 aromatic carbocycles. The molecule has 0 aliphatic heterocycles. The minimum atomic E-state index is -1.18. The summed E-state index contributed by atoms with van der Waals surface area (Å²) < 4.78 is 16.0. The first-order valence-electron chi connectivity index (χ1n) is 8.80. The summed E-state index contributed by atoms with van der Waals surface area (Å²) in [6, 6.07) is 7.92. The Balaban J connectivity index is 2.15. The number of rotatable bonds is 9. The molecule has 2 N–H and O–H groups in total. The molecule has 0 spiro atoms. The number of amides is 1. The minimum Gasteiger partial charge on any atom is -0.496 e. The van der Waals surface area contributed by atoms with Gasteiger partial charge < -0.3 is 24.6 Å². The molecule has 8 heteroatoms. The van der Waals surface area contributed by atoms with E-state index in [1.54, 1.807) is 31.4 Å². The van der Waals surface area contributed by atoms with Crippen LogP contribution in [0.2, 0.25) is 5.02 Å². The van der Waals surface area contributed by atoms with Gasteiger partial charge in [0.1, 0.15) is 11.3 Å². The van der Waals surface area contributed by atoms with E-state index in [0.29, 0.717) is 18.1 Å². The molecule has 0 saturated carbocycles. The number of carbonyl (C=O) groups excluding carboxylic acids is 1. The van der Waals surface area contributed by atoms with Crippen LogP contribution in [-0.4, -0.2) is 37.8 Å². The molecule has 1 amide bonds. The lowest BCUT2D eigenvalue weighted by Crippen LogP contribution is -2.09. The van der Waals surface area contributed by atoms with Crippen molar-refractivity contribution in [1.82, 2.24) is 0 Å². The van der Waals surface area contributed by atoms with Crippen molar-refractivity contribution in [2.75, 3.05) is 26.1 Å². The lowest BCUT2D eigenvalue weighted by Gasteiger charge is -2.11. The fourth-order valence-corrected chi connectivity index (χ4v) is 2.66. The van der Waals surface area contributed by atoms with Crippen LogP contribution >= 0.6 is 11.6 Å². The third kappa shape index (κ3) is 5.89. The van der Waals surface area contributed by atoms with Gasteiger partial charge in [0.2, 0.25) is 5.91 Å². The predicted molar refractivity (Wildman–Crippen MR) is 111 cm³/mol. The average Bonchev–Trinajstić information content (AvgIpc) is 2.71. The molecular formula is C21H22ClNO6. The quantitative estimate of drug-likeness (QED) is 0.581. The van der Waals surface area contributed by atoms with Crippen molar-refractivity contribution >= 4 is 35.2 Å². The molecule has 7 nitrogen and oxygen atoms in total. The van der Waals surface area contributed by atoms with Gasteiger partial charge in [0.25, 0.3) is 0 Å². The van der Waals surface area contributed by atoms with Gasteiger partial charge in [-0.25, -0.2) is 4.79 Å². The second-order valence-electron chi connectivity index (χ2n) is 5.92. The van der Waals surface area contributed by atoms with Crippen LogP contribution in [0.4, 0.5) is 5.69 Å². The van der Waals surface area contributed by atoms with Gasteiger partial charge >= 0.3 is 5.97 Å². The minimum absolute atomic E-state index is 0.0871. The first-order valence-corrected chi connectivity index (χ1v) is 9.18. The number of carbonyl (C=O) groups is 2. The van der Waals surface area contributed by atoms with Crippen molar-refractivity contribution in [3.8, 4) is 17.2 Å². The molecule has 0 fully saturated rings. The standard InChI is InChI=1S/C21H22ClNO6/c1-4-9-29-17-7-5-13(10-19(17)28-3)6-8-20(24)23-16-12-18(27-2)14(21(25)26)11-15(16)22/h5-8,10-12H,4,9H2,1-3H3,(H,23,24)(H,25,26)/b8-6-. The summed E-state index contributed by atoms with van der Waals surface area (Å²) in [7, 11) is 2.88. The number of hydrogen-bond acceptors (Lipinski definition) is 5. The van der Waals surface area contributed by atoms with Crippen molar-refractivity contribution in [3.63, 3.8) is 0 Å². The number of nitrogens with one attached hydrogen (secondary N) is 1. The lowest BCUT2D eigenvalue weighted by atomic mass is 10.1. The molecule has 0 bridgehead atoms. The second kappa shape index (κ2) is 10.4. The summed E-state index contributed by atoms with van der Waals surface area (Å²) in [4.78, 5) is 23.5. The van der Waals surface area contributed by atoms with Gasteiger partial charge in [-0.3, -0.25) is 4.79 Å². The van der Waals surface area contributed by atoms with Crippen molar-refractivity contribution in [2.24, 2.45) is 0 Å². The largest absolute Gasteiger partial charge is 0.496 e. The molecule has 0 aliphatic carbocycles. The van der Waals surface area contributed by atoms with Crippen LogP contribution in [0.3, 0.4) is 0 Å². The Bertz CT molecular complexity index is 926. The predicted octanol–water partition coefficient (Wildman–Crippen LogP) is 4.50. The van der Waals surface area contributed by atoms with Gasteiger partial charge in [-0.1, -0.05) is 24.6 Å². The fraction of sp³-hybridized carbons (Fsp3) is 0.238. The Kier molecular flexibility index (Phi) is 7.91. The maximum Gasteiger partial charge on any atom is 0.339 e. The second-order valence-corrected chi connectivity index (χ2v) is 6.33. The molecule has 0 unspecified atom stereocenters. The van der Waals surface area contributed by atoms with E-state index in [1.807, 2.05) is 6.92 Å². The van der Waals surface area contributed by atoms with Gasteiger partial charge in [-0.15, -0.1) is 0 Å². The number of carboxylic acid groups (broad SMARTS) is 1. The molecule has 0 heterocycles. The highest BCUT2D eigenvalue weighted by molar-refractivity contribution is 6.34. The molecule has 0 saturated heterocycles. The van der Waals surface area contributed by atoms with Crippen molar-refractivity contribution in [3.05, 3.63) is 52.6 Å². The zero-order valence-electron chi connectivity index (χ0n) is 16.3. The molecule has 154 valence electrons. The van der Waals surface area contributed by atoms with Crippen LogP contribution in [0, 0.1) is 0 Å². The molecule has 29 heavy (non-hydrogen) atoms. The molecule has 0 atom stereocenters. The fourth-order valence-electron chi connectivity index (χ4n) is 2.45. The van der Waals surface area contributed by atoms with Crippen molar-refractivity contribution in [1.29, 1.82) is 0 Å². The zero-order valence-corrected chi connectivity index (χ0v) is 17.1. The highest BCUT2D eigenvalue weighted by Gasteiger charge is 2.15. The maximum atomic E-state index is 12.2. The van der Waals surface area contributed by atoms with E-state index in [2.05, 4.69) is 5.32 Å². The third-order valence-corrected chi connectivity index (χ3v) is 4.17. The number of methoxy groups -OCH3 is 2. The smallest absolute Gasteiger partial charge is 0.339 e. The highest BCUT2D eigenvalue weighted by Crippen LogP contribution is 2.31. The number of ether oxygens (including phenoxy) is 3. The number of hydrogen-bond donors (Lipinski definition) is 2. The Morgan fingerprint density at radius 3 is 2.45 bits per heavy atom. The first kappa shape index (κ1) is 22.1. The summed E-state index contributed by atoms with van der Waals surface area (Å²) in [6.45, 7) is 2.60. The number of carboxylic acids is 1. The zero-order chi connectivity index (χ0) is 21.4. The van der Waals surface area contributed by atoms with E-state index in [4.69, 9.17) is 30.9 Å². The summed E-state index contributed by atoms with van der Waals surface area (Å²) in [5, 5.41) is 11.8. The van der Waals surface area contributed by atoms with Crippen LogP contribution in [0.25, 0.3) is 6.08 Å². The van der Waals surface area contributed by atoms with Gasteiger partial charge in [0.05, 0.1) is 31.5 Å². The third-order valence-electron chi connectivity index (χ3n) is 3.85. The normalized spacial score (nSPS) is 10.6. The Hall–Kier alpha value is -3.19. The van der Waals surface area contributed by atoms with Crippen LogP contribution < -0.4 is 19.5 Å². The van der Waals surface area contributed by atoms with Crippen LogP contribution in [0.5, 0.6) is 17.2 Å². The van der Waals surface area contributed by atoms with E-state index < -0.39 is 11.9 Å². The van der Waals surface area contributed by atoms with Gasteiger partial charge in [0, 0.05) is 12.1 Å². The summed E-state index contributed by atoms with van der Waals surface area (Å²) in [5.74, 6) is -0.330. The van der Waals surface area contributed by atoms with Crippen molar-refractivity contribution < 1.29 is 28.9 Å². The number of aromatic carboxylic acids is 1. The van der Waals surface area contributed by atoms with Crippen LogP contribution in [0.1, 0.15) is 29.3 Å². The van der Waals surface area contributed by atoms with Gasteiger partial charge in [0.15, 0.2) is 11.5 Å². The topological polar surface area (TPSA) is 94.1 Å². The van der Waals surface area contributed by atoms with Gasteiger partial charge in [-0.05, 0) is 36.3 Å². The van der Waals surface area contributed by atoms with E-state index >= 15 is 0 Å². The van der Waals surface area contributed by atoms with E-state index in [9.17, 15) is 9.59 Å².